The van der Waals surface area contributed by atoms with Crippen LogP contribution in [0.25, 0.3) is 0 Å². The first-order valence-corrected chi connectivity index (χ1v) is 6.20. The van der Waals surface area contributed by atoms with Crippen molar-refractivity contribution >= 4 is 27.8 Å². The summed E-state index contributed by atoms with van der Waals surface area (Å²) in [5.74, 6) is -0.823. The normalized spacial score (nSPS) is 9.89. The molecule has 0 aliphatic rings. The van der Waals surface area contributed by atoms with Gasteiger partial charge in [-0.2, -0.15) is 0 Å². The topological polar surface area (TPSA) is 66.8 Å². The number of hydrogen-bond acceptors (Lipinski definition) is 3. The summed E-state index contributed by atoms with van der Waals surface area (Å²) in [7, 11) is 0. The average Bonchev–Trinajstić information content (AvgIpc) is 2.33. The van der Waals surface area contributed by atoms with Crippen LogP contribution >= 0.6 is 15.9 Å². The molecule has 0 atom stereocenters. The first-order valence-electron chi connectivity index (χ1n) is 5.41. The van der Waals surface area contributed by atoms with Gasteiger partial charge in [-0.3, -0.25) is 9.59 Å². The first kappa shape index (κ1) is 14.5. The van der Waals surface area contributed by atoms with E-state index in [4.69, 9.17) is 9.84 Å². The smallest absolute Gasteiger partial charge is 0.323 e. The van der Waals surface area contributed by atoms with E-state index in [2.05, 4.69) is 15.9 Å². The predicted octanol–water partition coefficient (Wildman–Crippen LogP) is 1.76. The summed E-state index contributed by atoms with van der Waals surface area (Å²) in [6.45, 7) is 1.58. The number of ether oxygens (including phenoxy) is 1. The van der Waals surface area contributed by atoms with E-state index in [9.17, 15) is 9.59 Å². The van der Waals surface area contributed by atoms with E-state index in [0.717, 1.165) is 4.47 Å². The van der Waals surface area contributed by atoms with E-state index in [1.54, 1.807) is 25.1 Å². The quantitative estimate of drug-likeness (QED) is 0.868. The standard InChI is InChI=1S/C12H14BrNO4/c1-2-14(7-12(16)17)11(15)8-18-10-5-3-4-9(13)6-10/h3-6H,2,7-8H2,1H3,(H,16,17). The van der Waals surface area contributed by atoms with Crippen LogP contribution < -0.4 is 4.74 Å². The molecule has 0 saturated carbocycles. The number of benzene rings is 1. The van der Waals surface area contributed by atoms with Crippen molar-refractivity contribution in [2.45, 2.75) is 6.92 Å². The molecule has 0 saturated heterocycles. The number of halogens is 1. The molecule has 6 heteroatoms. The van der Waals surface area contributed by atoms with Gasteiger partial charge < -0.3 is 14.7 Å². The number of aliphatic carboxylic acids is 1. The van der Waals surface area contributed by atoms with Crippen LogP contribution in [-0.2, 0) is 9.59 Å². The third kappa shape index (κ3) is 4.75. The number of carbonyl (C=O) groups is 2. The molecule has 0 aliphatic carbocycles. The fourth-order valence-electron chi connectivity index (χ4n) is 1.33. The van der Waals surface area contributed by atoms with Gasteiger partial charge in [0.2, 0.25) is 0 Å². The van der Waals surface area contributed by atoms with Crippen molar-refractivity contribution < 1.29 is 19.4 Å². The van der Waals surface area contributed by atoms with Crippen LogP contribution in [0.4, 0.5) is 0 Å². The summed E-state index contributed by atoms with van der Waals surface area (Å²) in [5.41, 5.74) is 0. The molecule has 0 spiro atoms. The Morgan fingerprint density at radius 1 is 1.44 bits per heavy atom. The molecule has 1 aromatic rings. The van der Waals surface area contributed by atoms with Crippen molar-refractivity contribution in [3.05, 3.63) is 28.7 Å². The van der Waals surface area contributed by atoms with Gasteiger partial charge in [-0.25, -0.2) is 0 Å². The van der Waals surface area contributed by atoms with Crippen LogP contribution in [0, 0.1) is 0 Å². The van der Waals surface area contributed by atoms with Crippen LogP contribution in [-0.4, -0.2) is 41.6 Å². The van der Waals surface area contributed by atoms with E-state index in [1.807, 2.05) is 6.07 Å². The molecule has 1 amide bonds. The fraction of sp³-hybridized carbons (Fsp3) is 0.333. The lowest BCUT2D eigenvalue weighted by atomic mass is 10.3. The van der Waals surface area contributed by atoms with Gasteiger partial charge in [0.15, 0.2) is 6.61 Å². The maximum atomic E-state index is 11.7. The van der Waals surface area contributed by atoms with Gasteiger partial charge in [0.25, 0.3) is 5.91 Å². The highest BCUT2D eigenvalue weighted by molar-refractivity contribution is 9.10. The second kappa shape index (κ2) is 7.00. The van der Waals surface area contributed by atoms with E-state index < -0.39 is 5.97 Å². The zero-order chi connectivity index (χ0) is 13.5. The van der Waals surface area contributed by atoms with Crippen LogP contribution in [0.3, 0.4) is 0 Å². The van der Waals surface area contributed by atoms with Crippen LogP contribution in [0.2, 0.25) is 0 Å². The van der Waals surface area contributed by atoms with Gasteiger partial charge in [0.05, 0.1) is 0 Å². The SMILES string of the molecule is CCN(CC(=O)O)C(=O)COc1cccc(Br)c1. The number of carbonyl (C=O) groups excluding carboxylic acids is 1. The summed E-state index contributed by atoms with van der Waals surface area (Å²) in [6, 6.07) is 7.10. The Bertz CT molecular complexity index is 436. The second-order valence-corrected chi connectivity index (χ2v) is 4.46. The van der Waals surface area contributed by atoms with Crippen molar-refractivity contribution in [1.82, 2.24) is 4.90 Å². The number of likely N-dealkylation sites (N-methyl/N-ethyl adjacent to an activating group) is 1. The predicted molar refractivity (Wildman–Crippen MR) is 69.5 cm³/mol. The lowest BCUT2D eigenvalue weighted by Gasteiger charge is -2.18. The molecule has 0 bridgehead atoms. The lowest BCUT2D eigenvalue weighted by molar-refractivity contribution is -0.145. The number of nitrogens with zero attached hydrogens (tertiary/aromatic N) is 1. The molecule has 1 N–H and O–H groups in total. The number of carboxylic acids is 1. The minimum Gasteiger partial charge on any atom is -0.484 e. The van der Waals surface area contributed by atoms with E-state index >= 15 is 0 Å². The van der Waals surface area contributed by atoms with Gasteiger partial charge in [0.1, 0.15) is 12.3 Å². The van der Waals surface area contributed by atoms with E-state index in [0.29, 0.717) is 12.3 Å². The van der Waals surface area contributed by atoms with Gasteiger partial charge in [-0.15, -0.1) is 0 Å². The first-order chi connectivity index (χ1) is 8.52. The van der Waals surface area contributed by atoms with Crippen molar-refractivity contribution in [2.24, 2.45) is 0 Å². The Hall–Kier alpha value is -1.56. The minimum absolute atomic E-state index is 0.169. The fourth-order valence-corrected chi connectivity index (χ4v) is 1.71. The summed E-state index contributed by atoms with van der Waals surface area (Å²) in [6.07, 6.45) is 0. The highest BCUT2D eigenvalue weighted by atomic mass is 79.9. The minimum atomic E-state index is -1.03. The molecule has 0 radical (unpaired) electrons. The molecule has 0 aromatic heterocycles. The Morgan fingerprint density at radius 2 is 2.17 bits per heavy atom. The summed E-state index contributed by atoms with van der Waals surface area (Å²) in [5, 5.41) is 8.64. The Balaban J connectivity index is 2.51. The maximum Gasteiger partial charge on any atom is 0.323 e. The van der Waals surface area contributed by atoms with Crippen molar-refractivity contribution in [1.29, 1.82) is 0 Å². The van der Waals surface area contributed by atoms with Gasteiger partial charge in [-0.1, -0.05) is 22.0 Å². The Kier molecular flexibility index (Phi) is 5.64. The molecule has 0 unspecified atom stereocenters. The molecule has 0 aliphatic heterocycles. The highest BCUT2D eigenvalue weighted by Crippen LogP contribution is 2.17. The Labute approximate surface area is 113 Å². The summed E-state index contributed by atoms with van der Waals surface area (Å²) in [4.78, 5) is 23.5. The van der Waals surface area contributed by atoms with Crippen LogP contribution in [0.15, 0.2) is 28.7 Å². The van der Waals surface area contributed by atoms with Gasteiger partial charge >= 0.3 is 5.97 Å². The third-order valence-corrected chi connectivity index (χ3v) is 2.71. The average molecular weight is 316 g/mol. The molecule has 18 heavy (non-hydrogen) atoms. The van der Waals surface area contributed by atoms with Gasteiger partial charge in [-0.05, 0) is 25.1 Å². The van der Waals surface area contributed by atoms with Crippen molar-refractivity contribution in [3.63, 3.8) is 0 Å². The summed E-state index contributed by atoms with van der Waals surface area (Å²) >= 11 is 3.29. The molecular formula is C12H14BrNO4. The lowest BCUT2D eigenvalue weighted by Crippen LogP contribution is -2.38. The largest absolute Gasteiger partial charge is 0.484 e. The maximum absolute atomic E-state index is 11.7. The van der Waals surface area contributed by atoms with Gasteiger partial charge in [0, 0.05) is 11.0 Å². The Morgan fingerprint density at radius 3 is 2.72 bits per heavy atom. The van der Waals surface area contributed by atoms with Crippen LogP contribution in [0.1, 0.15) is 6.92 Å². The number of carboxylic acid groups (broad SMARTS) is 1. The molecule has 0 fully saturated rings. The molecule has 0 heterocycles. The number of hydrogen-bond donors (Lipinski definition) is 1. The monoisotopic (exact) mass is 315 g/mol. The summed E-state index contributed by atoms with van der Waals surface area (Å²) < 4.78 is 6.15. The zero-order valence-corrected chi connectivity index (χ0v) is 11.5. The molecule has 98 valence electrons. The molecule has 5 nitrogen and oxygen atoms in total. The van der Waals surface area contributed by atoms with Crippen LogP contribution in [0.5, 0.6) is 5.75 Å². The number of amides is 1. The number of rotatable bonds is 6. The van der Waals surface area contributed by atoms with Crippen molar-refractivity contribution in [3.8, 4) is 5.75 Å². The van der Waals surface area contributed by atoms with Crippen molar-refractivity contribution in [2.75, 3.05) is 19.7 Å². The molecule has 1 aromatic carbocycles. The zero-order valence-electron chi connectivity index (χ0n) is 9.93. The van der Waals surface area contributed by atoms with E-state index in [1.165, 1.54) is 4.90 Å². The molecular weight excluding hydrogens is 302 g/mol. The molecule has 1 rings (SSSR count). The third-order valence-electron chi connectivity index (χ3n) is 2.22. The second-order valence-electron chi connectivity index (χ2n) is 3.55. The highest BCUT2D eigenvalue weighted by Gasteiger charge is 2.15. The van der Waals surface area contributed by atoms with E-state index in [-0.39, 0.29) is 19.1 Å².